The van der Waals surface area contributed by atoms with Crippen LogP contribution >= 0.6 is 35.3 Å². The second-order valence-corrected chi connectivity index (χ2v) is 10.1. The van der Waals surface area contributed by atoms with E-state index in [1.54, 1.807) is 0 Å². The molecule has 2 heterocycles. The largest absolute Gasteiger partial charge is 0.314 e. The first kappa shape index (κ1) is 18.3. The number of hydrogen-bond donors (Lipinski definition) is 3. The molecule has 0 spiro atoms. The predicted octanol–water partition coefficient (Wildman–Crippen LogP) is 1.75. The second kappa shape index (κ2) is 9.28. The third kappa shape index (κ3) is 6.92. The molecule has 3 nitrogen and oxygen atoms in total. The molecule has 124 valence electrons. The van der Waals surface area contributed by atoms with Gasteiger partial charge >= 0.3 is 0 Å². The Bertz CT molecular complexity index is 258. The molecule has 0 aliphatic carbocycles. The zero-order valence-electron chi connectivity index (χ0n) is 13.5. The van der Waals surface area contributed by atoms with Gasteiger partial charge < -0.3 is 16.0 Å². The summed E-state index contributed by atoms with van der Waals surface area (Å²) in [6, 6.07) is 0. The molecule has 0 aromatic heterocycles. The number of nitrogens with one attached hydrogen (secondary N) is 3. The van der Waals surface area contributed by atoms with Crippen molar-refractivity contribution in [3.8, 4) is 0 Å². The fraction of sp³-hybridized carbons (Fsp3) is 1.00. The number of rotatable bonds is 0. The first-order valence-electron chi connectivity index (χ1n) is 8.02. The van der Waals surface area contributed by atoms with Crippen LogP contribution in [0.1, 0.15) is 13.8 Å². The minimum Gasteiger partial charge on any atom is -0.314 e. The Kier molecular flexibility index (Phi) is 8.07. The molecule has 2 saturated heterocycles. The van der Waals surface area contributed by atoms with Crippen LogP contribution in [0.15, 0.2) is 0 Å². The van der Waals surface area contributed by atoms with Gasteiger partial charge in [-0.2, -0.15) is 35.3 Å². The van der Waals surface area contributed by atoms with Crippen LogP contribution in [0.2, 0.25) is 0 Å². The molecule has 2 bridgehead atoms. The van der Waals surface area contributed by atoms with E-state index < -0.39 is 0 Å². The minimum absolute atomic E-state index is 0.168. The summed E-state index contributed by atoms with van der Waals surface area (Å²) in [5, 5.41) is 11.1. The van der Waals surface area contributed by atoms with Gasteiger partial charge in [0.05, 0.1) is 0 Å². The van der Waals surface area contributed by atoms with E-state index in [-0.39, 0.29) is 5.54 Å². The number of hydrogen-bond acceptors (Lipinski definition) is 6. The lowest BCUT2D eigenvalue weighted by Gasteiger charge is -2.32. The smallest absolute Gasteiger partial charge is 0.0403 e. The summed E-state index contributed by atoms with van der Waals surface area (Å²) < 4.78 is 0. The van der Waals surface area contributed by atoms with Crippen molar-refractivity contribution in [1.82, 2.24) is 16.0 Å². The fourth-order valence-corrected chi connectivity index (χ4v) is 6.45. The molecule has 2 rings (SSSR count). The van der Waals surface area contributed by atoms with Crippen LogP contribution in [0.4, 0.5) is 0 Å². The molecular formula is C15H31N3S3. The summed E-state index contributed by atoms with van der Waals surface area (Å²) in [6.45, 7) is 10.3. The zero-order valence-corrected chi connectivity index (χ0v) is 16.0. The summed E-state index contributed by atoms with van der Waals surface area (Å²) in [4.78, 5) is 0. The molecule has 2 aliphatic heterocycles. The summed E-state index contributed by atoms with van der Waals surface area (Å²) in [5.41, 5.74) is 0.646. The topological polar surface area (TPSA) is 36.1 Å². The van der Waals surface area contributed by atoms with Crippen LogP contribution in [0.5, 0.6) is 0 Å². The SMILES string of the molecule is CC12CSCCNCC(C)(CNCCSC1)NCCSC2. The first-order chi connectivity index (χ1) is 10.1. The first-order valence-corrected chi connectivity index (χ1v) is 11.5. The molecule has 0 saturated carbocycles. The van der Waals surface area contributed by atoms with Gasteiger partial charge in [-0.15, -0.1) is 0 Å². The number of thioether (sulfide) groups is 3. The van der Waals surface area contributed by atoms with Gasteiger partial charge in [0, 0.05) is 72.8 Å². The van der Waals surface area contributed by atoms with Gasteiger partial charge in [-0.25, -0.2) is 0 Å². The highest BCUT2D eigenvalue weighted by Gasteiger charge is 2.27. The normalized spacial score (nSPS) is 38.0. The van der Waals surface area contributed by atoms with E-state index in [2.05, 4.69) is 65.1 Å². The minimum atomic E-state index is 0.168. The maximum atomic E-state index is 3.78. The lowest BCUT2D eigenvalue weighted by Crippen LogP contribution is -2.57. The van der Waals surface area contributed by atoms with Crippen molar-refractivity contribution < 1.29 is 0 Å². The molecule has 0 amide bonds. The molecule has 3 N–H and O–H groups in total. The van der Waals surface area contributed by atoms with Crippen molar-refractivity contribution in [2.24, 2.45) is 5.41 Å². The maximum Gasteiger partial charge on any atom is 0.0403 e. The molecule has 0 aromatic rings. The molecule has 0 aromatic carbocycles. The summed E-state index contributed by atoms with van der Waals surface area (Å²) in [5.74, 6) is 7.58. The van der Waals surface area contributed by atoms with Gasteiger partial charge in [0.1, 0.15) is 0 Å². The lowest BCUT2D eigenvalue weighted by atomic mass is 9.99. The average Bonchev–Trinajstić information content (AvgIpc) is 2.47. The van der Waals surface area contributed by atoms with Crippen molar-refractivity contribution in [2.75, 3.05) is 67.2 Å². The van der Waals surface area contributed by atoms with Gasteiger partial charge in [-0.3, -0.25) is 0 Å². The Hall–Kier alpha value is 0.930. The van der Waals surface area contributed by atoms with Crippen molar-refractivity contribution in [3.63, 3.8) is 0 Å². The third-order valence-electron chi connectivity index (χ3n) is 4.03. The maximum absolute atomic E-state index is 3.78. The van der Waals surface area contributed by atoms with Gasteiger partial charge in [-0.05, 0) is 12.3 Å². The highest BCUT2D eigenvalue weighted by molar-refractivity contribution is 8.01. The van der Waals surface area contributed by atoms with Gasteiger partial charge in [-0.1, -0.05) is 6.92 Å². The summed E-state index contributed by atoms with van der Waals surface area (Å²) in [7, 11) is 0. The molecule has 0 atom stereocenters. The molecule has 6 heteroatoms. The Labute approximate surface area is 143 Å². The van der Waals surface area contributed by atoms with Gasteiger partial charge in [0.15, 0.2) is 0 Å². The Balaban J connectivity index is 2.05. The average molecular weight is 350 g/mol. The molecule has 2 fully saturated rings. The Morgan fingerprint density at radius 2 is 1.19 bits per heavy atom. The summed E-state index contributed by atoms with van der Waals surface area (Å²) >= 11 is 6.40. The highest BCUT2D eigenvalue weighted by Crippen LogP contribution is 2.31. The monoisotopic (exact) mass is 349 g/mol. The Morgan fingerprint density at radius 1 is 0.714 bits per heavy atom. The van der Waals surface area contributed by atoms with E-state index in [0.29, 0.717) is 5.41 Å². The van der Waals surface area contributed by atoms with Crippen molar-refractivity contribution in [2.45, 2.75) is 19.4 Å². The molecule has 2 aliphatic rings. The van der Waals surface area contributed by atoms with Crippen LogP contribution in [0.3, 0.4) is 0 Å². The third-order valence-corrected chi connectivity index (χ3v) is 8.21. The zero-order chi connectivity index (χ0) is 15.0. The van der Waals surface area contributed by atoms with Crippen molar-refractivity contribution in [1.29, 1.82) is 0 Å². The molecular weight excluding hydrogens is 318 g/mol. The van der Waals surface area contributed by atoms with Gasteiger partial charge in [0.2, 0.25) is 0 Å². The standard InChI is InChI=1S/C15H31N3S3/c1-14-11-19-6-3-16-9-15(2,18-5-8-21-13-14)10-17-4-7-20-12-14/h16-18H,3-13H2,1-2H3. The number of fused-ring (bicyclic) bond motifs is 6. The Morgan fingerprint density at radius 3 is 1.71 bits per heavy atom. The second-order valence-electron chi connectivity index (χ2n) is 6.81. The fourth-order valence-electron chi connectivity index (χ4n) is 2.71. The van der Waals surface area contributed by atoms with Gasteiger partial charge in [0.25, 0.3) is 0 Å². The summed E-state index contributed by atoms with van der Waals surface area (Å²) in [6.07, 6.45) is 0. The van der Waals surface area contributed by atoms with Crippen LogP contribution in [0.25, 0.3) is 0 Å². The quantitative estimate of drug-likeness (QED) is 0.618. The van der Waals surface area contributed by atoms with Crippen LogP contribution < -0.4 is 16.0 Å². The molecule has 0 unspecified atom stereocenters. The molecule has 0 radical (unpaired) electrons. The van der Waals surface area contributed by atoms with E-state index in [0.717, 1.165) is 32.7 Å². The van der Waals surface area contributed by atoms with E-state index in [4.69, 9.17) is 0 Å². The van der Waals surface area contributed by atoms with E-state index >= 15 is 0 Å². The highest BCUT2D eigenvalue weighted by atomic mass is 32.2. The van der Waals surface area contributed by atoms with E-state index in [1.165, 1.54) is 34.5 Å². The van der Waals surface area contributed by atoms with Crippen molar-refractivity contribution >= 4 is 35.3 Å². The van der Waals surface area contributed by atoms with Crippen LogP contribution in [-0.4, -0.2) is 72.8 Å². The van der Waals surface area contributed by atoms with Crippen molar-refractivity contribution in [3.05, 3.63) is 0 Å². The van der Waals surface area contributed by atoms with Crippen LogP contribution in [0, 0.1) is 5.41 Å². The molecule has 21 heavy (non-hydrogen) atoms. The predicted molar refractivity (Wildman–Crippen MR) is 102 cm³/mol. The van der Waals surface area contributed by atoms with E-state index in [9.17, 15) is 0 Å². The van der Waals surface area contributed by atoms with E-state index in [1.807, 2.05) is 0 Å². The van der Waals surface area contributed by atoms with Crippen LogP contribution in [-0.2, 0) is 0 Å². The lowest BCUT2D eigenvalue weighted by molar-refractivity contribution is 0.332.